The molecule has 1 fully saturated rings. The van der Waals surface area contributed by atoms with Crippen LogP contribution in [0.3, 0.4) is 0 Å². The number of nitrogens with zero attached hydrogens (tertiary/aromatic N) is 1. The van der Waals surface area contributed by atoms with Gasteiger partial charge in [-0.2, -0.15) is 0 Å². The van der Waals surface area contributed by atoms with Gasteiger partial charge in [0.2, 0.25) is 0 Å². The van der Waals surface area contributed by atoms with Crippen molar-refractivity contribution in [2.75, 3.05) is 27.3 Å². The number of carbonyl (C=O) groups excluding carboxylic acids is 1. The van der Waals surface area contributed by atoms with Crippen molar-refractivity contribution in [3.8, 4) is 0 Å². The molecule has 0 aromatic heterocycles. The van der Waals surface area contributed by atoms with E-state index in [1.807, 2.05) is 55.5 Å². The average Bonchev–Trinajstić information content (AvgIpc) is 2.53. The van der Waals surface area contributed by atoms with Gasteiger partial charge in [-0.25, -0.2) is 0 Å². The molecule has 120 valence electrons. The molecule has 1 atom stereocenters. The number of Topliss-reactive ketones (excluding diaryl/α,β-unsaturated/α-hetero) is 1. The molecule has 0 bridgehead atoms. The fourth-order valence-electron chi connectivity index (χ4n) is 2.09. The molecule has 1 aliphatic rings. The lowest BCUT2D eigenvalue weighted by molar-refractivity contribution is -0.167. The smallest absolute Gasteiger partial charge is 0.196 e. The van der Waals surface area contributed by atoms with E-state index in [1.165, 1.54) is 11.8 Å². The Morgan fingerprint density at radius 1 is 1.36 bits per heavy atom. The van der Waals surface area contributed by atoms with Crippen LogP contribution in [0.15, 0.2) is 46.3 Å². The molecule has 1 aliphatic heterocycles. The molecule has 1 unspecified atom stereocenters. The van der Waals surface area contributed by atoms with Crippen molar-refractivity contribution >= 4 is 17.5 Å². The monoisotopic (exact) mass is 321 g/mol. The van der Waals surface area contributed by atoms with Gasteiger partial charge in [-0.05, 0) is 31.4 Å². The summed E-state index contributed by atoms with van der Waals surface area (Å²) in [6.45, 7) is 0.780. The highest BCUT2D eigenvalue weighted by Crippen LogP contribution is 2.27. The molecule has 1 heterocycles. The number of rotatable bonds is 7. The molecule has 0 radical (unpaired) electrons. The summed E-state index contributed by atoms with van der Waals surface area (Å²) in [4.78, 5) is 16.0. The van der Waals surface area contributed by atoms with Gasteiger partial charge in [0, 0.05) is 31.8 Å². The van der Waals surface area contributed by atoms with E-state index >= 15 is 0 Å². The Bertz CT molecular complexity index is 496. The Morgan fingerprint density at radius 3 is 2.77 bits per heavy atom. The summed E-state index contributed by atoms with van der Waals surface area (Å²) in [6.07, 6.45) is 4.64. The van der Waals surface area contributed by atoms with E-state index in [-0.39, 0.29) is 18.7 Å². The molecule has 0 N–H and O–H groups in total. The van der Waals surface area contributed by atoms with E-state index in [0.29, 0.717) is 4.91 Å². The highest BCUT2D eigenvalue weighted by molar-refractivity contribution is 8.04. The van der Waals surface area contributed by atoms with Crippen LogP contribution in [-0.4, -0.2) is 44.3 Å². The zero-order chi connectivity index (χ0) is 15.8. The fourth-order valence-corrected chi connectivity index (χ4v) is 3.07. The summed E-state index contributed by atoms with van der Waals surface area (Å²) in [7, 11) is 3.81. The molecular weight excluding hydrogens is 298 g/mol. The summed E-state index contributed by atoms with van der Waals surface area (Å²) in [6, 6.07) is 9.88. The Balaban J connectivity index is 1.94. The number of carbonyl (C=O) groups is 1. The minimum atomic E-state index is -0.236. The minimum Gasteiger partial charge on any atom is -0.382 e. The first-order valence-corrected chi connectivity index (χ1v) is 8.34. The van der Waals surface area contributed by atoms with Gasteiger partial charge in [0.25, 0.3) is 0 Å². The Kier molecular flexibility index (Phi) is 6.96. The first-order valence-electron chi connectivity index (χ1n) is 7.52. The maximum Gasteiger partial charge on any atom is 0.196 e. The van der Waals surface area contributed by atoms with Crippen molar-refractivity contribution in [1.29, 1.82) is 0 Å². The summed E-state index contributed by atoms with van der Waals surface area (Å²) in [5.74, 6) is -0.0169. The number of ketones is 1. The topological polar surface area (TPSA) is 38.8 Å². The highest BCUT2D eigenvalue weighted by Gasteiger charge is 2.18. The quantitative estimate of drug-likeness (QED) is 0.569. The van der Waals surface area contributed by atoms with Gasteiger partial charge in [-0.1, -0.05) is 30.0 Å². The second kappa shape index (κ2) is 8.98. The fraction of sp³-hybridized carbons (Fsp3) is 0.471. The maximum atomic E-state index is 12.4. The summed E-state index contributed by atoms with van der Waals surface area (Å²) < 4.78 is 11.1. The van der Waals surface area contributed by atoms with Gasteiger partial charge >= 0.3 is 0 Å². The van der Waals surface area contributed by atoms with Crippen LogP contribution in [0.5, 0.6) is 0 Å². The summed E-state index contributed by atoms with van der Waals surface area (Å²) in [5, 5.41) is 0. The van der Waals surface area contributed by atoms with E-state index in [1.54, 1.807) is 0 Å². The van der Waals surface area contributed by atoms with E-state index in [0.717, 1.165) is 30.8 Å². The van der Waals surface area contributed by atoms with Crippen molar-refractivity contribution in [3.05, 3.63) is 41.4 Å². The van der Waals surface area contributed by atoms with Crippen LogP contribution in [-0.2, 0) is 14.3 Å². The first kappa shape index (κ1) is 17.1. The Hall–Kier alpha value is -1.30. The van der Waals surface area contributed by atoms with Crippen molar-refractivity contribution < 1.29 is 14.3 Å². The second-order valence-corrected chi connectivity index (χ2v) is 6.52. The van der Waals surface area contributed by atoms with Crippen molar-refractivity contribution in [2.24, 2.45) is 0 Å². The highest BCUT2D eigenvalue weighted by atomic mass is 32.2. The predicted molar refractivity (Wildman–Crippen MR) is 88.6 cm³/mol. The summed E-state index contributed by atoms with van der Waals surface area (Å²) in [5.41, 5.74) is 0. The van der Waals surface area contributed by atoms with Crippen molar-refractivity contribution in [2.45, 2.75) is 30.4 Å². The molecule has 0 amide bonds. The van der Waals surface area contributed by atoms with E-state index in [2.05, 4.69) is 0 Å². The standard InChI is InChI=1S/C17H23NO3S/c1-18(2)12-16(22-14-8-4-3-5-9-14)15(19)13-21-17-10-6-7-11-20-17/h3-5,8-9,12,17H,6-7,10-11,13H2,1-2H3/b16-12-. The normalized spacial score (nSPS) is 19.0. The first-order chi connectivity index (χ1) is 10.6. The number of thioether (sulfide) groups is 1. The Morgan fingerprint density at radius 2 is 2.14 bits per heavy atom. The van der Waals surface area contributed by atoms with Gasteiger partial charge in [-0.15, -0.1) is 0 Å². The van der Waals surface area contributed by atoms with Gasteiger partial charge in [0.15, 0.2) is 12.1 Å². The maximum absolute atomic E-state index is 12.4. The van der Waals surface area contributed by atoms with E-state index in [4.69, 9.17) is 9.47 Å². The number of hydrogen-bond acceptors (Lipinski definition) is 5. The molecule has 1 saturated heterocycles. The largest absolute Gasteiger partial charge is 0.382 e. The zero-order valence-electron chi connectivity index (χ0n) is 13.2. The van der Waals surface area contributed by atoms with Crippen molar-refractivity contribution in [3.63, 3.8) is 0 Å². The van der Waals surface area contributed by atoms with Crippen LogP contribution >= 0.6 is 11.8 Å². The lowest BCUT2D eigenvalue weighted by Gasteiger charge is -2.22. The molecular formula is C17H23NO3S. The van der Waals surface area contributed by atoms with Crippen LogP contribution in [0, 0.1) is 0 Å². The molecule has 0 spiro atoms. The third-order valence-corrected chi connectivity index (χ3v) is 4.22. The van der Waals surface area contributed by atoms with Gasteiger partial charge in [0.1, 0.15) is 6.61 Å². The molecule has 22 heavy (non-hydrogen) atoms. The predicted octanol–water partition coefficient (Wildman–Crippen LogP) is 3.29. The lowest BCUT2D eigenvalue weighted by Crippen LogP contribution is -2.25. The summed E-state index contributed by atoms with van der Waals surface area (Å²) >= 11 is 1.46. The lowest BCUT2D eigenvalue weighted by atomic mass is 10.2. The molecule has 2 rings (SSSR count). The van der Waals surface area contributed by atoms with Gasteiger partial charge in [0.05, 0.1) is 4.91 Å². The molecule has 1 aromatic carbocycles. The van der Waals surface area contributed by atoms with E-state index in [9.17, 15) is 4.79 Å². The second-order valence-electron chi connectivity index (χ2n) is 5.40. The number of hydrogen-bond donors (Lipinski definition) is 0. The minimum absolute atomic E-state index is 0.0169. The van der Waals surface area contributed by atoms with Crippen LogP contribution in [0.1, 0.15) is 19.3 Å². The molecule has 0 aliphatic carbocycles. The molecule has 4 nitrogen and oxygen atoms in total. The van der Waals surface area contributed by atoms with Gasteiger partial charge in [-0.3, -0.25) is 4.79 Å². The third-order valence-electron chi connectivity index (χ3n) is 3.16. The van der Waals surface area contributed by atoms with E-state index < -0.39 is 0 Å². The van der Waals surface area contributed by atoms with Crippen LogP contribution in [0.4, 0.5) is 0 Å². The zero-order valence-corrected chi connectivity index (χ0v) is 14.0. The number of benzene rings is 1. The third kappa shape index (κ3) is 5.83. The Labute approximate surface area is 136 Å². The number of ether oxygens (including phenoxy) is 2. The van der Waals surface area contributed by atoms with Crippen LogP contribution < -0.4 is 0 Å². The molecule has 1 aromatic rings. The van der Waals surface area contributed by atoms with Gasteiger partial charge < -0.3 is 14.4 Å². The van der Waals surface area contributed by atoms with Crippen molar-refractivity contribution in [1.82, 2.24) is 4.90 Å². The van der Waals surface area contributed by atoms with Crippen LogP contribution in [0.25, 0.3) is 0 Å². The molecule has 0 saturated carbocycles. The van der Waals surface area contributed by atoms with Crippen LogP contribution in [0.2, 0.25) is 0 Å². The SMILES string of the molecule is CN(C)/C=C(\Sc1ccccc1)C(=O)COC1CCCCO1. The molecule has 5 heteroatoms. The average molecular weight is 321 g/mol.